The molecular weight excluding hydrogens is 426 g/mol. The lowest BCUT2D eigenvalue weighted by molar-refractivity contribution is -0.141. The molecule has 3 aromatic rings. The van der Waals surface area contributed by atoms with Crippen LogP contribution in [0.25, 0.3) is 10.9 Å². The molecule has 0 saturated heterocycles. The molecule has 0 aliphatic heterocycles. The quantitative estimate of drug-likeness (QED) is 0.380. The Labute approximate surface area is 202 Å². The Kier molecular flexibility index (Phi) is 9.56. The molecule has 0 spiro atoms. The standard InChI is InChI=1S/C28H37N3O3/c1-4-6-15-27(32)30(17-5-2)21-28(33)31(20-23-11-7-10-14-26(23)34-3)18-16-22-19-29-25-13-9-8-12-24(22)25/h7-14,19,29H,4-6,15-18,20-21H2,1-3H3. The lowest BCUT2D eigenvalue weighted by atomic mass is 10.1. The van der Waals surface area contributed by atoms with Crippen LogP contribution in [0.4, 0.5) is 0 Å². The van der Waals surface area contributed by atoms with Crippen LogP contribution in [0.3, 0.4) is 0 Å². The van der Waals surface area contributed by atoms with Crippen LogP contribution >= 0.6 is 0 Å². The van der Waals surface area contributed by atoms with Crippen molar-refractivity contribution in [1.82, 2.24) is 14.8 Å². The van der Waals surface area contributed by atoms with E-state index in [2.05, 4.69) is 24.0 Å². The van der Waals surface area contributed by atoms with Crippen LogP contribution in [0.2, 0.25) is 0 Å². The number of nitrogens with one attached hydrogen (secondary N) is 1. The summed E-state index contributed by atoms with van der Waals surface area (Å²) >= 11 is 0. The van der Waals surface area contributed by atoms with Gasteiger partial charge in [-0.3, -0.25) is 9.59 Å². The summed E-state index contributed by atoms with van der Waals surface area (Å²) < 4.78 is 5.53. The van der Waals surface area contributed by atoms with Crippen molar-refractivity contribution in [1.29, 1.82) is 0 Å². The van der Waals surface area contributed by atoms with Crippen molar-refractivity contribution in [2.45, 2.75) is 52.5 Å². The Balaban J connectivity index is 1.79. The second-order valence-electron chi connectivity index (χ2n) is 8.66. The number of fused-ring (bicyclic) bond motifs is 1. The van der Waals surface area contributed by atoms with Gasteiger partial charge >= 0.3 is 0 Å². The number of amides is 2. The van der Waals surface area contributed by atoms with Crippen LogP contribution in [0.15, 0.2) is 54.7 Å². The Morgan fingerprint density at radius 1 is 0.882 bits per heavy atom. The lowest BCUT2D eigenvalue weighted by Gasteiger charge is -2.28. The number of rotatable bonds is 13. The summed E-state index contributed by atoms with van der Waals surface area (Å²) in [7, 11) is 1.65. The predicted molar refractivity (Wildman–Crippen MR) is 137 cm³/mol. The number of methoxy groups -OCH3 is 1. The number of benzene rings is 2. The molecule has 1 N–H and O–H groups in total. The van der Waals surface area contributed by atoms with Gasteiger partial charge < -0.3 is 19.5 Å². The van der Waals surface area contributed by atoms with Crippen molar-refractivity contribution < 1.29 is 14.3 Å². The van der Waals surface area contributed by atoms with Crippen LogP contribution in [0.1, 0.15) is 50.7 Å². The second-order valence-corrected chi connectivity index (χ2v) is 8.66. The Morgan fingerprint density at radius 2 is 1.65 bits per heavy atom. The Bertz CT molecular complexity index is 1080. The van der Waals surface area contributed by atoms with Crippen LogP contribution in [0.5, 0.6) is 5.75 Å². The molecule has 2 amide bonds. The van der Waals surface area contributed by atoms with E-state index in [1.165, 1.54) is 10.9 Å². The van der Waals surface area contributed by atoms with Gasteiger partial charge in [0, 0.05) is 48.7 Å². The molecule has 6 heteroatoms. The van der Waals surface area contributed by atoms with E-state index in [-0.39, 0.29) is 18.4 Å². The van der Waals surface area contributed by atoms with Crippen molar-refractivity contribution >= 4 is 22.7 Å². The van der Waals surface area contributed by atoms with Gasteiger partial charge in [-0.05, 0) is 37.0 Å². The third-order valence-corrected chi connectivity index (χ3v) is 6.15. The fourth-order valence-electron chi connectivity index (χ4n) is 4.24. The van der Waals surface area contributed by atoms with Gasteiger partial charge in [0.1, 0.15) is 5.75 Å². The molecule has 34 heavy (non-hydrogen) atoms. The van der Waals surface area contributed by atoms with E-state index in [4.69, 9.17) is 4.74 Å². The van der Waals surface area contributed by atoms with Crippen molar-refractivity contribution in [3.05, 3.63) is 65.9 Å². The van der Waals surface area contributed by atoms with Crippen molar-refractivity contribution in [3.8, 4) is 5.75 Å². The maximum atomic E-state index is 13.5. The van der Waals surface area contributed by atoms with Crippen molar-refractivity contribution in [2.24, 2.45) is 0 Å². The van der Waals surface area contributed by atoms with Crippen LogP contribution in [-0.4, -0.2) is 53.3 Å². The van der Waals surface area contributed by atoms with Gasteiger partial charge in [0.2, 0.25) is 11.8 Å². The molecule has 3 rings (SSSR count). The molecule has 182 valence electrons. The summed E-state index contributed by atoms with van der Waals surface area (Å²) in [5.74, 6) is 0.784. The first kappa shape index (κ1) is 25.3. The van der Waals surface area contributed by atoms with Crippen LogP contribution < -0.4 is 4.74 Å². The molecule has 1 heterocycles. The number of nitrogens with zero attached hydrogens (tertiary/aromatic N) is 2. The molecule has 0 unspecified atom stereocenters. The largest absolute Gasteiger partial charge is 0.496 e. The molecule has 6 nitrogen and oxygen atoms in total. The minimum Gasteiger partial charge on any atom is -0.496 e. The number of ether oxygens (including phenoxy) is 1. The minimum absolute atomic E-state index is 0.0379. The first-order chi connectivity index (χ1) is 16.6. The molecule has 0 radical (unpaired) electrons. The smallest absolute Gasteiger partial charge is 0.242 e. The molecule has 2 aromatic carbocycles. The molecule has 1 aromatic heterocycles. The monoisotopic (exact) mass is 463 g/mol. The van der Waals surface area contributed by atoms with E-state index < -0.39 is 0 Å². The van der Waals surface area contributed by atoms with Gasteiger partial charge in [0.15, 0.2) is 0 Å². The zero-order valence-corrected chi connectivity index (χ0v) is 20.7. The number of H-pyrrole nitrogens is 1. The first-order valence-electron chi connectivity index (χ1n) is 12.3. The lowest BCUT2D eigenvalue weighted by Crippen LogP contribution is -2.43. The number of aromatic amines is 1. The highest BCUT2D eigenvalue weighted by Gasteiger charge is 2.22. The van der Waals surface area contributed by atoms with Gasteiger partial charge in [-0.2, -0.15) is 0 Å². The van der Waals surface area contributed by atoms with E-state index in [1.807, 2.05) is 54.4 Å². The van der Waals surface area contributed by atoms with E-state index in [1.54, 1.807) is 12.0 Å². The second kappa shape index (κ2) is 12.8. The normalized spacial score (nSPS) is 10.9. The molecule has 0 aliphatic carbocycles. The number of para-hydroxylation sites is 2. The third-order valence-electron chi connectivity index (χ3n) is 6.15. The zero-order valence-electron chi connectivity index (χ0n) is 20.7. The number of hydrogen-bond donors (Lipinski definition) is 1. The maximum Gasteiger partial charge on any atom is 0.242 e. The molecule has 0 aliphatic rings. The summed E-state index contributed by atoms with van der Waals surface area (Å²) in [6.07, 6.45) is 5.87. The van der Waals surface area contributed by atoms with Gasteiger partial charge in [0.25, 0.3) is 0 Å². The SMILES string of the molecule is CCCCC(=O)N(CCC)CC(=O)N(CCc1c[nH]c2ccccc12)Cc1ccccc1OC. The minimum atomic E-state index is -0.0379. The summed E-state index contributed by atoms with van der Waals surface area (Å²) in [4.78, 5) is 33.1. The summed E-state index contributed by atoms with van der Waals surface area (Å²) in [6.45, 7) is 5.81. The van der Waals surface area contributed by atoms with E-state index in [0.29, 0.717) is 26.1 Å². The highest BCUT2D eigenvalue weighted by Crippen LogP contribution is 2.22. The molecular formula is C28H37N3O3. The predicted octanol–water partition coefficient (Wildman–Crippen LogP) is 5.18. The van der Waals surface area contributed by atoms with Gasteiger partial charge in [0.05, 0.1) is 13.7 Å². The van der Waals surface area contributed by atoms with E-state index >= 15 is 0 Å². The van der Waals surface area contributed by atoms with E-state index in [0.717, 1.165) is 42.5 Å². The Hall–Kier alpha value is -3.28. The zero-order chi connectivity index (χ0) is 24.3. The Morgan fingerprint density at radius 3 is 2.41 bits per heavy atom. The van der Waals surface area contributed by atoms with Gasteiger partial charge in [-0.25, -0.2) is 0 Å². The molecule has 0 atom stereocenters. The number of aromatic nitrogens is 1. The van der Waals surface area contributed by atoms with Crippen molar-refractivity contribution in [3.63, 3.8) is 0 Å². The number of carbonyl (C=O) groups excluding carboxylic acids is 2. The van der Waals surface area contributed by atoms with Gasteiger partial charge in [-0.1, -0.05) is 56.7 Å². The summed E-state index contributed by atoms with van der Waals surface area (Å²) in [5.41, 5.74) is 3.23. The number of carbonyl (C=O) groups is 2. The maximum absolute atomic E-state index is 13.5. The third kappa shape index (κ3) is 6.62. The summed E-state index contributed by atoms with van der Waals surface area (Å²) in [6, 6.07) is 16.0. The number of unbranched alkanes of at least 4 members (excludes halogenated alkanes) is 1. The average Bonchev–Trinajstić information content (AvgIpc) is 3.28. The van der Waals surface area contributed by atoms with E-state index in [9.17, 15) is 9.59 Å². The van der Waals surface area contributed by atoms with Crippen molar-refractivity contribution in [2.75, 3.05) is 26.7 Å². The van der Waals surface area contributed by atoms with Crippen LogP contribution in [0, 0.1) is 0 Å². The molecule has 0 fully saturated rings. The average molecular weight is 464 g/mol. The highest BCUT2D eigenvalue weighted by molar-refractivity contribution is 5.85. The molecule has 0 saturated carbocycles. The highest BCUT2D eigenvalue weighted by atomic mass is 16.5. The summed E-state index contributed by atoms with van der Waals surface area (Å²) in [5, 5.41) is 1.18. The topological polar surface area (TPSA) is 65.6 Å². The fourth-order valence-corrected chi connectivity index (χ4v) is 4.24. The fraction of sp³-hybridized carbons (Fsp3) is 0.429. The molecule has 0 bridgehead atoms. The van der Waals surface area contributed by atoms with Crippen LogP contribution in [-0.2, 0) is 22.6 Å². The first-order valence-corrected chi connectivity index (χ1v) is 12.3. The number of hydrogen-bond acceptors (Lipinski definition) is 3. The van der Waals surface area contributed by atoms with Gasteiger partial charge in [-0.15, -0.1) is 0 Å².